The molecule has 0 fully saturated rings. The number of halogens is 2. The molecule has 1 unspecified atom stereocenters. The van der Waals surface area contributed by atoms with Crippen LogP contribution in [0.4, 0.5) is 5.69 Å². The number of ether oxygens (including phenoxy) is 1. The maximum Gasteiger partial charge on any atom is 0.0946 e. The number of nitrogens with one attached hydrogen (secondary N) is 1. The van der Waals surface area contributed by atoms with Crippen LogP contribution in [-0.4, -0.2) is 19.2 Å². The average Bonchev–Trinajstić information content (AvgIpc) is 2.25. The fourth-order valence-electron chi connectivity index (χ4n) is 1.53. The number of benzene rings is 1. The Morgan fingerprint density at radius 1 is 1.28 bits per heavy atom. The van der Waals surface area contributed by atoms with E-state index in [9.17, 15) is 0 Å². The third-order valence-corrected chi connectivity index (χ3v) is 3.20. The van der Waals surface area contributed by atoms with Gasteiger partial charge in [0.1, 0.15) is 0 Å². The van der Waals surface area contributed by atoms with E-state index in [1.165, 1.54) is 0 Å². The fraction of sp³-hybridized carbons (Fsp3) is 0.538. The van der Waals surface area contributed by atoms with E-state index in [0.29, 0.717) is 22.3 Å². The minimum Gasteiger partial charge on any atom is -0.396 e. The topological polar surface area (TPSA) is 47.3 Å². The first-order valence-electron chi connectivity index (χ1n) is 5.77. The molecule has 0 aromatic heterocycles. The minimum atomic E-state index is -0.111. The smallest absolute Gasteiger partial charge is 0.0946 e. The standard InChI is InChI=1S/C13H20Cl2N2O/c1-13(2,3)17-7-11(18-4)8-5-9(14)12(16)10(15)6-8/h5-6,11,17H,7,16H2,1-4H3. The van der Waals surface area contributed by atoms with Gasteiger partial charge in [-0.1, -0.05) is 23.2 Å². The van der Waals surface area contributed by atoms with E-state index in [4.69, 9.17) is 33.7 Å². The lowest BCUT2D eigenvalue weighted by atomic mass is 10.1. The van der Waals surface area contributed by atoms with E-state index in [1.54, 1.807) is 19.2 Å². The lowest BCUT2D eigenvalue weighted by molar-refractivity contribution is 0.0959. The molecule has 1 atom stereocenters. The molecular formula is C13H20Cl2N2O. The summed E-state index contributed by atoms with van der Waals surface area (Å²) in [5, 5.41) is 4.29. The van der Waals surface area contributed by atoms with Crippen molar-refractivity contribution in [3.8, 4) is 0 Å². The van der Waals surface area contributed by atoms with Crippen molar-refractivity contribution in [3.63, 3.8) is 0 Å². The summed E-state index contributed by atoms with van der Waals surface area (Å²) in [5.41, 5.74) is 7.06. The first kappa shape index (κ1) is 15.6. The summed E-state index contributed by atoms with van der Waals surface area (Å²) in [5.74, 6) is 0. The van der Waals surface area contributed by atoms with E-state index in [2.05, 4.69) is 26.1 Å². The van der Waals surface area contributed by atoms with Gasteiger partial charge in [0.15, 0.2) is 0 Å². The average molecular weight is 291 g/mol. The second-order valence-corrected chi connectivity index (χ2v) is 6.07. The molecule has 0 saturated heterocycles. The van der Waals surface area contributed by atoms with Crippen LogP contribution in [0.5, 0.6) is 0 Å². The lowest BCUT2D eigenvalue weighted by Gasteiger charge is -2.25. The highest BCUT2D eigenvalue weighted by Gasteiger charge is 2.17. The molecule has 0 spiro atoms. The van der Waals surface area contributed by atoms with Gasteiger partial charge in [0.05, 0.1) is 21.8 Å². The number of methoxy groups -OCH3 is 1. The molecule has 0 aliphatic rings. The molecule has 1 aromatic carbocycles. The van der Waals surface area contributed by atoms with Crippen LogP contribution in [0.3, 0.4) is 0 Å². The largest absolute Gasteiger partial charge is 0.396 e. The SMILES string of the molecule is COC(CNC(C)(C)C)c1cc(Cl)c(N)c(Cl)c1. The molecule has 1 aromatic rings. The summed E-state index contributed by atoms with van der Waals surface area (Å²) in [6.45, 7) is 6.98. The van der Waals surface area contributed by atoms with Crippen LogP contribution < -0.4 is 11.1 Å². The number of rotatable bonds is 4. The Morgan fingerprint density at radius 3 is 2.17 bits per heavy atom. The molecular weight excluding hydrogens is 271 g/mol. The Kier molecular flexibility index (Phi) is 5.29. The molecule has 0 aliphatic carbocycles. The van der Waals surface area contributed by atoms with E-state index >= 15 is 0 Å². The highest BCUT2D eigenvalue weighted by molar-refractivity contribution is 6.38. The van der Waals surface area contributed by atoms with Gasteiger partial charge < -0.3 is 15.8 Å². The Morgan fingerprint density at radius 2 is 1.78 bits per heavy atom. The molecule has 0 amide bonds. The Bertz CT molecular complexity index is 393. The van der Waals surface area contributed by atoms with Gasteiger partial charge in [0.25, 0.3) is 0 Å². The molecule has 0 bridgehead atoms. The van der Waals surface area contributed by atoms with Crippen LogP contribution in [0.25, 0.3) is 0 Å². The Balaban J connectivity index is 2.89. The number of nitrogen functional groups attached to an aromatic ring is 1. The van der Waals surface area contributed by atoms with Crippen molar-refractivity contribution >= 4 is 28.9 Å². The van der Waals surface area contributed by atoms with E-state index < -0.39 is 0 Å². The number of hydrogen-bond donors (Lipinski definition) is 2. The second-order valence-electron chi connectivity index (χ2n) is 5.25. The maximum atomic E-state index is 6.02. The summed E-state index contributed by atoms with van der Waals surface area (Å²) in [7, 11) is 1.66. The second kappa shape index (κ2) is 6.11. The van der Waals surface area contributed by atoms with Crippen LogP contribution >= 0.6 is 23.2 Å². The first-order chi connectivity index (χ1) is 8.24. The van der Waals surface area contributed by atoms with Gasteiger partial charge in [-0.15, -0.1) is 0 Å². The van der Waals surface area contributed by atoms with Crippen molar-refractivity contribution < 1.29 is 4.74 Å². The van der Waals surface area contributed by atoms with Gasteiger partial charge in [-0.3, -0.25) is 0 Å². The molecule has 18 heavy (non-hydrogen) atoms. The lowest BCUT2D eigenvalue weighted by Crippen LogP contribution is -2.38. The predicted molar refractivity (Wildman–Crippen MR) is 78.4 cm³/mol. The van der Waals surface area contributed by atoms with Crippen LogP contribution in [0, 0.1) is 0 Å². The van der Waals surface area contributed by atoms with Crippen LogP contribution in [0.1, 0.15) is 32.4 Å². The van der Waals surface area contributed by atoms with Crippen molar-refractivity contribution in [2.45, 2.75) is 32.4 Å². The summed E-state index contributed by atoms with van der Waals surface area (Å²) in [6.07, 6.45) is -0.111. The van der Waals surface area contributed by atoms with Crippen LogP contribution in [-0.2, 0) is 4.74 Å². The molecule has 0 saturated carbocycles. The number of hydrogen-bond acceptors (Lipinski definition) is 3. The van der Waals surface area contributed by atoms with Gasteiger partial charge in [-0.2, -0.15) is 0 Å². The van der Waals surface area contributed by atoms with Gasteiger partial charge >= 0.3 is 0 Å². The van der Waals surface area contributed by atoms with Crippen LogP contribution in [0.15, 0.2) is 12.1 Å². The molecule has 3 nitrogen and oxygen atoms in total. The van der Waals surface area contributed by atoms with Crippen molar-refractivity contribution in [1.29, 1.82) is 0 Å². The molecule has 0 radical (unpaired) electrons. The highest BCUT2D eigenvalue weighted by Crippen LogP contribution is 2.32. The molecule has 1 rings (SSSR count). The highest BCUT2D eigenvalue weighted by atomic mass is 35.5. The molecule has 102 valence electrons. The Labute approximate surface area is 119 Å². The number of anilines is 1. The summed E-state index contributed by atoms with van der Waals surface area (Å²) in [4.78, 5) is 0. The van der Waals surface area contributed by atoms with Gasteiger partial charge in [-0.05, 0) is 38.5 Å². The van der Waals surface area contributed by atoms with Gasteiger partial charge in [0, 0.05) is 19.2 Å². The molecule has 5 heteroatoms. The summed E-state index contributed by atoms with van der Waals surface area (Å²) in [6, 6.07) is 3.59. The van der Waals surface area contributed by atoms with Gasteiger partial charge in [0.2, 0.25) is 0 Å². The van der Waals surface area contributed by atoms with Crippen molar-refractivity contribution in [2.75, 3.05) is 19.4 Å². The van der Waals surface area contributed by atoms with E-state index in [1.807, 2.05) is 0 Å². The van der Waals surface area contributed by atoms with Gasteiger partial charge in [-0.25, -0.2) is 0 Å². The minimum absolute atomic E-state index is 0.0260. The third kappa shape index (κ3) is 4.32. The maximum absolute atomic E-state index is 6.02. The summed E-state index contributed by atoms with van der Waals surface area (Å²) < 4.78 is 5.46. The van der Waals surface area contributed by atoms with Crippen LogP contribution in [0.2, 0.25) is 10.0 Å². The Hall–Kier alpha value is -0.480. The van der Waals surface area contributed by atoms with Crippen molar-refractivity contribution in [3.05, 3.63) is 27.7 Å². The van der Waals surface area contributed by atoms with Crippen molar-refractivity contribution in [1.82, 2.24) is 5.32 Å². The van der Waals surface area contributed by atoms with Crippen molar-refractivity contribution in [2.24, 2.45) is 0 Å². The quantitative estimate of drug-likeness (QED) is 0.832. The zero-order valence-electron chi connectivity index (χ0n) is 11.2. The molecule has 0 aliphatic heterocycles. The molecule has 0 heterocycles. The predicted octanol–water partition coefficient (Wildman–Crippen LogP) is 3.65. The zero-order chi connectivity index (χ0) is 13.9. The zero-order valence-corrected chi connectivity index (χ0v) is 12.7. The van der Waals surface area contributed by atoms with E-state index in [0.717, 1.165) is 5.56 Å². The summed E-state index contributed by atoms with van der Waals surface area (Å²) >= 11 is 12.0. The monoisotopic (exact) mass is 290 g/mol. The third-order valence-electron chi connectivity index (χ3n) is 2.58. The number of nitrogens with two attached hydrogens (primary N) is 1. The molecule has 3 N–H and O–H groups in total. The fourth-order valence-corrected chi connectivity index (χ4v) is 2.03. The first-order valence-corrected chi connectivity index (χ1v) is 6.52. The van der Waals surface area contributed by atoms with E-state index in [-0.39, 0.29) is 11.6 Å². The normalized spacial score (nSPS) is 13.7.